The number of aliphatic carboxylic acids is 1. The van der Waals surface area contributed by atoms with Gasteiger partial charge in [0.2, 0.25) is 6.17 Å². The summed E-state index contributed by atoms with van der Waals surface area (Å²) in [5, 5.41) is 17.4. The van der Waals surface area contributed by atoms with Crippen LogP contribution in [0.3, 0.4) is 0 Å². The predicted octanol–water partition coefficient (Wildman–Crippen LogP) is 2.55. The number of anilines is 2. The third kappa shape index (κ3) is 4.24. The standard InChI is InChI=1S/C25H20N4O6/c30-21-13-35-20-9-8-16(11-18(20)27-21)15-5-3-4-14(10-15)12-26-25(34)29-19-7-2-1-6-17(19)23(31)28-22(29)24(32)33/h1-11,22H,12-13H2,(H,26,34)(H,27,30)(H,28,31)(H,32,33). The topological polar surface area (TPSA) is 137 Å². The lowest BCUT2D eigenvalue weighted by Gasteiger charge is -2.34. The first-order chi connectivity index (χ1) is 16.9. The molecule has 0 fully saturated rings. The van der Waals surface area contributed by atoms with Crippen molar-refractivity contribution >= 4 is 35.2 Å². The maximum Gasteiger partial charge on any atom is 0.347 e. The summed E-state index contributed by atoms with van der Waals surface area (Å²) in [7, 11) is 0. The van der Waals surface area contributed by atoms with E-state index in [0.29, 0.717) is 11.4 Å². The second kappa shape index (κ2) is 8.82. The highest BCUT2D eigenvalue weighted by Crippen LogP contribution is 2.33. The van der Waals surface area contributed by atoms with Gasteiger partial charge in [-0.1, -0.05) is 36.4 Å². The lowest BCUT2D eigenvalue weighted by atomic mass is 10.0. The molecule has 10 heteroatoms. The molecule has 0 bridgehead atoms. The number of hydrogen-bond acceptors (Lipinski definition) is 5. The highest BCUT2D eigenvalue weighted by Gasteiger charge is 2.38. The van der Waals surface area contributed by atoms with Gasteiger partial charge in [0.1, 0.15) is 5.75 Å². The number of hydrogen-bond donors (Lipinski definition) is 4. The highest BCUT2D eigenvalue weighted by molar-refractivity contribution is 6.11. The fourth-order valence-corrected chi connectivity index (χ4v) is 4.07. The molecule has 0 aromatic heterocycles. The number of nitrogens with one attached hydrogen (secondary N) is 3. The summed E-state index contributed by atoms with van der Waals surface area (Å²) in [6.45, 7) is 0.103. The van der Waals surface area contributed by atoms with E-state index in [2.05, 4.69) is 16.0 Å². The van der Waals surface area contributed by atoms with Crippen LogP contribution in [0.4, 0.5) is 16.2 Å². The SMILES string of the molecule is O=C1COc2ccc(-c3cccc(CNC(=O)N4c5ccccc5C(=O)NC4C(=O)O)c3)cc2N1. The molecule has 35 heavy (non-hydrogen) atoms. The number of benzene rings is 3. The fourth-order valence-electron chi connectivity index (χ4n) is 4.07. The number of para-hydroxylation sites is 1. The van der Waals surface area contributed by atoms with E-state index in [9.17, 15) is 24.3 Å². The molecule has 4 amide bonds. The smallest absolute Gasteiger partial charge is 0.347 e. The molecule has 0 aliphatic carbocycles. The van der Waals surface area contributed by atoms with Crippen LogP contribution in [0.25, 0.3) is 11.1 Å². The van der Waals surface area contributed by atoms with Gasteiger partial charge in [-0.05, 0) is 47.0 Å². The zero-order chi connectivity index (χ0) is 24.5. The van der Waals surface area contributed by atoms with Crippen molar-refractivity contribution in [2.45, 2.75) is 12.7 Å². The van der Waals surface area contributed by atoms with Gasteiger partial charge >= 0.3 is 12.0 Å². The third-order valence-electron chi connectivity index (χ3n) is 5.70. The molecule has 0 saturated carbocycles. The number of rotatable bonds is 4. The normalized spacial score (nSPS) is 16.2. The van der Waals surface area contributed by atoms with E-state index in [1.807, 2.05) is 36.4 Å². The predicted molar refractivity (Wildman–Crippen MR) is 126 cm³/mol. The van der Waals surface area contributed by atoms with Crippen LogP contribution in [0.1, 0.15) is 15.9 Å². The first-order valence-electron chi connectivity index (χ1n) is 10.8. The molecule has 2 heterocycles. The maximum atomic E-state index is 13.0. The number of carbonyl (C=O) groups is 4. The Hall–Kier alpha value is -4.86. The Balaban J connectivity index is 1.35. The van der Waals surface area contributed by atoms with Crippen molar-refractivity contribution < 1.29 is 29.0 Å². The summed E-state index contributed by atoms with van der Waals surface area (Å²) in [5.74, 6) is -1.54. The second-order valence-electron chi connectivity index (χ2n) is 8.01. The van der Waals surface area contributed by atoms with Crippen molar-refractivity contribution in [3.63, 3.8) is 0 Å². The molecule has 1 unspecified atom stereocenters. The van der Waals surface area contributed by atoms with Crippen molar-refractivity contribution in [1.29, 1.82) is 0 Å². The van der Waals surface area contributed by atoms with Crippen LogP contribution < -0.4 is 25.6 Å². The molecule has 2 aliphatic heterocycles. The Kier molecular flexibility index (Phi) is 5.54. The molecule has 0 saturated heterocycles. The van der Waals surface area contributed by atoms with E-state index in [-0.39, 0.29) is 30.3 Å². The molecule has 2 aliphatic rings. The summed E-state index contributed by atoms with van der Waals surface area (Å²) in [6.07, 6.45) is -1.53. The first-order valence-corrected chi connectivity index (χ1v) is 10.8. The zero-order valence-electron chi connectivity index (χ0n) is 18.3. The number of nitrogens with zero attached hydrogens (tertiary/aromatic N) is 1. The molecule has 5 rings (SSSR count). The van der Waals surface area contributed by atoms with Crippen molar-refractivity contribution in [2.24, 2.45) is 0 Å². The van der Waals surface area contributed by atoms with Gasteiger partial charge in [-0.3, -0.25) is 14.5 Å². The summed E-state index contributed by atoms with van der Waals surface area (Å²) in [4.78, 5) is 49.7. The second-order valence-corrected chi connectivity index (χ2v) is 8.01. The molecule has 10 nitrogen and oxygen atoms in total. The molecule has 176 valence electrons. The summed E-state index contributed by atoms with van der Waals surface area (Å²) in [5.41, 5.74) is 3.50. The Morgan fingerprint density at radius 1 is 1.03 bits per heavy atom. The fraction of sp³-hybridized carbons (Fsp3) is 0.120. The molecule has 0 spiro atoms. The number of carbonyl (C=O) groups excluding carboxylic acids is 3. The number of amides is 4. The maximum absolute atomic E-state index is 13.0. The largest absolute Gasteiger partial charge is 0.482 e. The number of carboxylic acid groups (broad SMARTS) is 1. The van der Waals surface area contributed by atoms with Crippen molar-refractivity contribution in [2.75, 3.05) is 16.8 Å². The summed E-state index contributed by atoms with van der Waals surface area (Å²) >= 11 is 0. The van der Waals surface area contributed by atoms with E-state index in [0.717, 1.165) is 21.6 Å². The molecule has 3 aromatic carbocycles. The Morgan fingerprint density at radius 2 is 1.83 bits per heavy atom. The minimum absolute atomic E-state index is 0.0184. The number of ether oxygens (including phenoxy) is 1. The Morgan fingerprint density at radius 3 is 2.66 bits per heavy atom. The van der Waals surface area contributed by atoms with Crippen molar-refractivity contribution in [1.82, 2.24) is 10.6 Å². The lowest BCUT2D eigenvalue weighted by molar-refractivity contribution is -0.139. The van der Waals surface area contributed by atoms with Gasteiger partial charge in [-0.15, -0.1) is 0 Å². The van der Waals surface area contributed by atoms with Crippen LogP contribution in [0.15, 0.2) is 66.7 Å². The first kappa shape index (κ1) is 22.0. The minimum Gasteiger partial charge on any atom is -0.482 e. The molecule has 1 atom stereocenters. The Bertz CT molecular complexity index is 1370. The van der Waals surface area contributed by atoms with Gasteiger partial charge in [0, 0.05) is 6.54 Å². The van der Waals surface area contributed by atoms with Gasteiger partial charge < -0.3 is 25.8 Å². The molecular formula is C25H20N4O6. The summed E-state index contributed by atoms with van der Waals surface area (Å²) < 4.78 is 5.40. The summed E-state index contributed by atoms with van der Waals surface area (Å²) in [6, 6.07) is 18.6. The van der Waals surface area contributed by atoms with E-state index < -0.39 is 24.1 Å². The number of fused-ring (bicyclic) bond motifs is 2. The van der Waals surface area contributed by atoms with Gasteiger partial charge in [-0.2, -0.15) is 0 Å². The van der Waals surface area contributed by atoms with Crippen molar-refractivity contribution in [3.05, 3.63) is 77.9 Å². The van der Waals surface area contributed by atoms with Crippen LogP contribution in [-0.2, 0) is 16.1 Å². The molecular weight excluding hydrogens is 452 g/mol. The quantitative estimate of drug-likeness (QED) is 0.461. The van der Waals surface area contributed by atoms with Crippen LogP contribution in [0, 0.1) is 0 Å². The van der Waals surface area contributed by atoms with Gasteiger partial charge in [-0.25, -0.2) is 9.59 Å². The third-order valence-corrected chi connectivity index (χ3v) is 5.70. The zero-order valence-corrected chi connectivity index (χ0v) is 18.3. The average molecular weight is 472 g/mol. The highest BCUT2D eigenvalue weighted by atomic mass is 16.5. The van der Waals surface area contributed by atoms with Gasteiger partial charge in [0.25, 0.3) is 11.8 Å². The van der Waals surface area contributed by atoms with Crippen LogP contribution >= 0.6 is 0 Å². The Labute approximate surface area is 199 Å². The van der Waals surface area contributed by atoms with Gasteiger partial charge in [0.15, 0.2) is 6.61 Å². The van der Waals surface area contributed by atoms with Crippen LogP contribution in [0.5, 0.6) is 5.75 Å². The van der Waals surface area contributed by atoms with Crippen LogP contribution in [0.2, 0.25) is 0 Å². The van der Waals surface area contributed by atoms with E-state index >= 15 is 0 Å². The van der Waals surface area contributed by atoms with Crippen LogP contribution in [-0.4, -0.2) is 41.7 Å². The van der Waals surface area contributed by atoms with Gasteiger partial charge in [0.05, 0.1) is 16.9 Å². The average Bonchev–Trinajstić information content (AvgIpc) is 2.87. The monoisotopic (exact) mass is 472 g/mol. The molecule has 0 radical (unpaired) electrons. The number of carboxylic acids is 1. The van der Waals surface area contributed by atoms with Crippen molar-refractivity contribution in [3.8, 4) is 16.9 Å². The molecule has 4 N–H and O–H groups in total. The number of urea groups is 1. The van der Waals surface area contributed by atoms with E-state index in [1.54, 1.807) is 18.2 Å². The minimum atomic E-state index is -1.53. The van der Waals surface area contributed by atoms with E-state index in [1.165, 1.54) is 12.1 Å². The molecule has 3 aromatic rings. The lowest BCUT2D eigenvalue weighted by Crippen LogP contribution is -2.61. The van der Waals surface area contributed by atoms with E-state index in [4.69, 9.17) is 4.74 Å².